The van der Waals surface area contributed by atoms with Gasteiger partial charge < -0.3 is 10.6 Å². The van der Waals surface area contributed by atoms with Crippen molar-refractivity contribution < 1.29 is 13.2 Å². The summed E-state index contributed by atoms with van der Waals surface area (Å²) in [4.78, 5) is 8.26. The molecule has 0 atom stereocenters. The number of anilines is 3. The number of aromatic nitrogens is 2. The molecular weight excluding hydrogens is 329 g/mol. The number of benzene rings is 1. The quantitative estimate of drug-likeness (QED) is 0.715. The van der Waals surface area contributed by atoms with Crippen LogP contribution in [0.4, 0.5) is 30.6 Å². The first-order valence-corrected chi connectivity index (χ1v) is 7.48. The summed E-state index contributed by atoms with van der Waals surface area (Å²) < 4.78 is 38.3. The first kappa shape index (κ1) is 17.3. The van der Waals surface area contributed by atoms with Gasteiger partial charge >= 0.3 is 6.18 Å². The molecule has 0 amide bonds. The summed E-state index contributed by atoms with van der Waals surface area (Å²) in [6.45, 7) is 2.79. The van der Waals surface area contributed by atoms with Gasteiger partial charge in [-0.3, -0.25) is 0 Å². The van der Waals surface area contributed by atoms with E-state index in [2.05, 4.69) is 27.5 Å². The number of nitrogens with one attached hydrogen (secondary N) is 2. The molecule has 0 aliphatic carbocycles. The normalized spacial score (nSPS) is 11.3. The highest BCUT2D eigenvalue weighted by Crippen LogP contribution is 2.34. The Morgan fingerprint density at radius 1 is 1.22 bits per heavy atom. The van der Waals surface area contributed by atoms with E-state index in [0.717, 1.165) is 31.5 Å². The average Bonchev–Trinajstić information content (AvgIpc) is 2.49. The maximum atomic E-state index is 12.8. The molecule has 2 rings (SSSR count). The lowest BCUT2D eigenvalue weighted by atomic mass is 10.2. The molecule has 4 nitrogen and oxygen atoms in total. The predicted octanol–water partition coefficient (Wildman–Crippen LogP) is 5.10. The molecule has 0 radical (unpaired) electrons. The summed E-state index contributed by atoms with van der Waals surface area (Å²) in [5, 5.41) is 6.02. The second-order valence-corrected chi connectivity index (χ2v) is 5.27. The van der Waals surface area contributed by atoms with Gasteiger partial charge in [0.1, 0.15) is 5.82 Å². The van der Waals surface area contributed by atoms with Gasteiger partial charge in [0.2, 0.25) is 5.95 Å². The lowest BCUT2D eigenvalue weighted by molar-refractivity contribution is -0.137. The Morgan fingerprint density at radius 2 is 2.00 bits per heavy atom. The first-order chi connectivity index (χ1) is 10.9. The molecule has 0 spiro atoms. The van der Waals surface area contributed by atoms with Crippen molar-refractivity contribution >= 4 is 29.1 Å². The SMILES string of the molecule is CCCCNc1nccc(Nc2cc(C(F)(F)F)ccc2Cl)n1. The number of hydrogen-bond donors (Lipinski definition) is 2. The number of unbranched alkanes of at least 4 members (excludes halogenated alkanes) is 1. The van der Waals surface area contributed by atoms with Crippen molar-refractivity contribution in [3.05, 3.63) is 41.0 Å². The highest BCUT2D eigenvalue weighted by Gasteiger charge is 2.31. The fourth-order valence-electron chi connectivity index (χ4n) is 1.83. The smallest absolute Gasteiger partial charge is 0.354 e. The highest BCUT2D eigenvalue weighted by molar-refractivity contribution is 6.33. The molecule has 2 aromatic rings. The van der Waals surface area contributed by atoms with Crippen LogP contribution in [0.3, 0.4) is 0 Å². The van der Waals surface area contributed by atoms with Crippen molar-refractivity contribution in [3.8, 4) is 0 Å². The lowest BCUT2D eigenvalue weighted by Gasteiger charge is -2.12. The molecule has 0 unspecified atom stereocenters. The summed E-state index contributed by atoms with van der Waals surface area (Å²) in [6, 6.07) is 4.65. The standard InChI is InChI=1S/C15H16ClF3N4/c1-2-3-7-20-14-21-8-6-13(23-14)22-12-9-10(15(17,18)19)4-5-11(12)16/h4-6,8-9H,2-3,7H2,1H3,(H2,20,21,22,23). The number of hydrogen-bond acceptors (Lipinski definition) is 4. The van der Waals surface area contributed by atoms with Gasteiger partial charge in [-0.25, -0.2) is 4.98 Å². The largest absolute Gasteiger partial charge is 0.416 e. The van der Waals surface area contributed by atoms with E-state index >= 15 is 0 Å². The van der Waals surface area contributed by atoms with E-state index in [0.29, 0.717) is 11.8 Å². The second kappa shape index (κ2) is 7.50. The summed E-state index contributed by atoms with van der Waals surface area (Å²) in [7, 11) is 0. The van der Waals surface area contributed by atoms with Crippen LogP contribution >= 0.6 is 11.6 Å². The van der Waals surface area contributed by atoms with Gasteiger partial charge in [-0.1, -0.05) is 24.9 Å². The van der Waals surface area contributed by atoms with Gasteiger partial charge in [0.05, 0.1) is 16.3 Å². The summed E-state index contributed by atoms with van der Waals surface area (Å²) in [6.07, 6.45) is -0.907. The molecule has 0 fully saturated rings. The fourth-order valence-corrected chi connectivity index (χ4v) is 1.99. The van der Waals surface area contributed by atoms with Crippen molar-refractivity contribution in [3.63, 3.8) is 0 Å². The predicted molar refractivity (Wildman–Crippen MR) is 85.2 cm³/mol. The minimum atomic E-state index is -4.43. The van der Waals surface area contributed by atoms with Crippen LogP contribution in [0, 0.1) is 0 Å². The molecule has 1 aromatic heterocycles. The van der Waals surface area contributed by atoms with Crippen molar-refractivity contribution in [2.75, 3.05) is 17.2 Å². The zero-order valence-corrected chi connectivity index (χ0v) is 13.2. The monoisotopic (exact) mass is 344 g/mol. The van der Waals surface area contributed by atoms with Crippen LogP contribution in [-0.4, -0.2) is 16.5 Å². The molecular formula is C15H16ClF3N4. The maximum Gasteiger partial charge on any atom is 0.416 e. The average molecular weight is 345 g/mol. The first-order valence-electron chi connectivity index (χ1n) is 7.11. The third-order valence-electron chi connectivity index (χ3n) is 3.03. The molecule has 0 saturated carbocycles. The highest BCUT2D eigenvalue weighted by atomic mass is 35.5. The van der Waals surface area contributed by atoms with E-state index in [-0.39, 0.29) is 10.7 Å². The van der Waals surface area contributed by atoms with Crippen LogP contribution in [0.2, 0.25) is 5.02 Å². The van der Waals surface area contributed by atoms with Crippen LogP contribution in [0.15, 0.2) is 30.5 Å². The third kappa shape index (κ3) is 4.99. The zero-order valence-electron chi connectivity index (χ0n) is 12.4. The molecule has 0 bridgehead atoms. The molecule has 1 aromatic carbocycles. The van der Waals surface area contributed by atoms with E-state index in [4.69, 9.17) is 11.6 Å². The van der Waals surface area contributed by atoms with Crippen molar-refractivity contribution in [2.24, 2.45) is 0 Å². The minimum absolute atomic E-state index is 0.139. The maximum absolute atomic E-state index is 12.8. The second-order valence-electron chi connectivity index (χ2n) is 4.86. The molecule has 0 aliphatic heterocycles. The number of halogens is 4. The molecule has 8 heteroatoms. The van der Waals surface area contributed by atoms with Gasteiger partial charge in [-0.15, -0.1) is 0 Å². The Labute approximate surface area is 137 Å². The Kier molecular flexibility index (Phi) is 5.65. The van der Waals surface area contributed by atoms with E-state index in [1.165, 1.54) is 12.3 Å². The van der Waals surface area contributed by atoms with Crippen molar-refractivity contribution in [1.29, 1.82) is 0 Å². The molecule has 1 heterocycles. The Balaban J connectivity index is 2.17. The fraction of sp³-hybridized carbons (Fsp3) is 0.333. The molecule has 0 saturated heterocycles. The van der Waals surface area contributed by atoms with Crippen LogP contribution in [0.25, 0.3) is 0 Å². The van der Waals surface area contributed by atoms with Crippen LogP contribution in [0.1, 0.15) is 25.3 Å². The molecule has 23 heavy (non-hydrogen) atoms. The molecule has 2 N–H and O–H groups in total. The van der Waals surface area contributed by atoms with Crippen LogP contribution < -0.4 is 10.6 Å². The number of alkyl halides is 3. The molecule has 0 aliphatic rings. The van der Waals surface area contributed by atoms with Crippen LogP contribution in [0.5, 0.6) is 0 Å². The van der Waals surface area contributed by atoms with Gasteiger partial charge in [0, 0.05) is 12.7 Å². The topological polar surface area (TPSA) is 49.8 Å². The zero-order chi connectivity index (χ0) is 16.9. The Morgan fingerprint density at radius 3 is 2.70 bits per heavy atom. The minimum Gasteiger partial charge on any atom is -0.354 e. The van der Waals surface area contributed by atoms with E-state index < -0.39 is 11.7 Å². The van der Waals surface area contributed by atoms with Crippen LogP contribution in [-0.2, 0) is 6.18 Å². The van der Waals surface area contributed by atoms with Crippen molar-refractivity contribution in [1.82, 2.24) is 9.97 Å². The van der Waals surface area contributed by atoms with Gasteiger partial charge in [0.25, 0.3) is 0 Å². The van der Waals surface area contributed by atoms with Gasteiger partial charge in [-0.2, -0.15) is 18.2 Å². The van der Waals surface area contributed by atoms with E-state index in [1.54, 1.807) is 6.07 Å². The van der Waals surface area contributed by atoms with Gasteiger partial charge in [0.15, 0.2) is 0 Å². The van der Waals surface area contributed by atoms with E-state index in [9.17, 15) is 13.2 Å². The molecule has 124 valence electrons. The summed E-state index contributed by atoms with van der Waals surface area (Å²) in [5.41, 5.74) is -0.639. The van der Waals surface area contributed by atoms with Crippen molar-refractivity contribution in [2.45, 2.75) is 25.9 Å². The third-order valence-corrected chi connectivity index (χ3v) is 3.36. The summed E-state index contributed by atoms with van der Waals surface area (Å²) >= 11 is 5.95. The number of nitrogens with zero attached hydrogens (tertiary/aromatic N) is 2. The lowest BCUT2D eigenvalue weighted by Crippen LogP contribution is -2.07. The number of rotatable bonds is 6. The Bertz CT molecular complexity index is 661. The Hall–Kier alpha value is -2.02. The summed E-state index contributed by atoms with van der Waals surface area (Å²) in [5.74, 6) is 0.770. The van der Waals surface area contributed by atoms with E-state index in [1.807, 2.05) is 0 Å². The van der Waals surface area contributed by atoms with Gasteiger partial charge in [-0.05, 0) is 30.7 Å².